The molecule has 1 N–H and O–H groups in total. The fourth-order valence-electron chi connectivity index (χ4n) is 6.97. The molecule has 0 amide bonds. The number of carboxylic acids is 1. The number of carbonyl (C=O) groups is 1. The molecule has 9 nitrogen and oxygen atoms in total. The third-order valence-electron chi connectivity index (χ3n) is 9.24. The Morgan fingerprint density at radius 2 is 1.62 bits per heavy atom. The van der Waals surface area contributed by atoms with Crippen molar-refractivity contribution >= 4 is 28.6 Å². The Balaban J connectivity index is 1.40. The molecular weight excluding hydrogens is 647 g/mol. The Bertz CT molecular complexity index is 1770. The molecule has 0 spiro atoms. The number of tetrazole rings is 1. The number of hydrogen-bond acceptors (Lipinski definition) is 7. The number of aryl methyl sites for hydroxylation is 1. The summed E-state index contributed by atoms with van der Waals surface area (Å²) >= 11 is 0. The summed E-state index contributed by atoms with van der Waals surface area (Å²) in [5.41, 5.74) is -2.18. The van der Waals surface area contributed by atoms with Gasteiger partial charge in [-0.15, -0.1) is 5.10 Å². The van der Waals surface area contributed by atoms with Gasteiger partial charge < -0.3 is 14.9 Å². The summed E-state index contributed by atoms with van der Waals surface area (Å²) < 4.78 is 96.6. The third-order valence-corrected chi connectivity index (χ3v) is 9.24. The summed E-state index contributed by atoms with van der Waals surface area (Å²) in [5.74, 6) is -1.03. The van der Waals surface area contributed by atoms with Gasteiger partial charge in [0.1, 0.15) is 11.6 Å². The summed E-state index contributed by atoms with van der Waals surface area (Å²) in [7, 11) is 1.48. The highest BCUT2D eigenvalue weighted by Crippen LogP contribution is 2.41. The van der Waals surface area contributed by atoms with Crippen molar-refractivity contribution in [2.24, 2.45) is 18.9 Å². The average Bonchev–Trinajstić information content (AvgIpc) is 3.69. The maximum absolute atomic E-state index is 14.3. The van der Waals surface area contributed by atoms with Gasteiger partial charge in [0.05, 0.1) is 29.6 Å². The molecule has 2 aromatic heterocycles. The van der Waals surface area contributed by atoms with Gasteiger partial charge >= 0.3 is 18.3 Å². The van der Waals surface area contributed by atoms with Gasteiger partial charge in [-0.05, 0) is 91.6 Å². The molecule has 3 heterocycles. The van der Waals surface area contributed by atoms with Gasteiger partial charge in [-0.1, -0.05) is 5.10 Å². The molecule has 1 saturated carbocycles. The van der Waals surface area contributed by atoms with E-state index >= 15 is 0 Å². The number of rotatable bonds is 8. The number of aliphatic carboxylic acids is 1. The second-order valence-corrected chi connectivity index (χ2v) is 12.5. The highest BCUT2D eigenvalue weighted by molar-refractivity contribution is 5.82. The monoisotopic (exact) mass is 679 g/mol. The molecule has 2 aromatic carbocycles. The summed E-state index contributed by atoms with van der Waals surface area (Å²) in [6.45, 7) is 0.104. The minimum Gasteiger partial charge on any atom is -0.481 e. The molecular formula is C32H32F7N7O2. The van der Waals surface area contributed by atoms with Crippen LogP contribution in [0.2, 0.25) is 0 Å². The van der Waals surface area contributed by atoms with Crippen LogP contribution >= 0.6 is 0 Å². The van der Waals surface area contributed by atoms with Gasteiger partial charge in [0.2, 0.25) is 0 Å². The molecule has 0 unspecified atom stereocenters. The molecule has 0 bridgehead atoms. The molecule has 2 aliphatic rings. The van der Waals surface area contributed by atoms with Crippen molar-refractivity contribution in [3.8, 4) is 0 Å². The van der Waals surface area contributed by atoms with Crippen LogP contribution in [0.4, 0.5) is 42.5 Å². The van der Waals surface area contributed by atoms with Crippen LogP contribution in [0, 0.1) is 17.7 Å². The van der Waals surface area contributed by atoms with E-state index < -0.39 is 47.7 Å². The van der Waals surface area contributed by atoms with Gasteiger partial charge in [-0.2, -0.15) is 31.1 Å². The van der Waals surface area contributed by atoms with Crippen LogP contribution in [0.1, 0.15) is 60.8 Å². The number of nitrogens with zero attached hydrogens (tertiary/aromatic N) is 7. The first-order chi connectivity index (χ1) is 22.7. The van der Waals surface area contributed by atoms with Crippen molar-refractivity contribution in [2.75, 3.05) is 16.3 Å². The highest BCUT2D eigenvalue weighted by atomic mass is 19.4. The summed E-state index contributed by atoms with van der Waals surface area (Å²) in [4.78, 5) is 21.1. The largest absolute Gasteiger partial charge is 0.481 e. The molecule has 16 heteroatoms. The molecule has 0 radical (unpaired) electrons. The van der Waals surface area contributed by atoms with E-state index in [9.17, 15) is 40.6 Å². The summed E-state index contributed by atoms with van der Waals surface area (Å²) in [6, 6.07) is 7.34. The van der Waals surface area contributed by atoms with Gasteiger partial charge in [0, 0.05) is 42.7 Å². The van der Waals surface area contributed by atoms with Gasteiger partial charge in [-0.3, -0.25) is 4.79 Å². The number of aromatic nitrogens is 5. The number of carboxylic acid groups (broad SMARTS) is 1. The lowest BCUT2D eigenvalue weighted by atomic mass is 9.78. The van der Waals surface area contributed by atoms with Crippen LogP contribution < -0.4 is 9.80 Å². The first-order valence-electron chi connectivity index (χ1n) is 15.5. The SMILES string of the molecule is Cn1nnc(N(Cc2cc(C(F)(F)F)cc(C(F)(F)F)c2)Cc2cc3ccc(F)cc3nc2N2CCC[C@@H]2C2CCC(C(=O)O)CC2)n1. The second kappa shape index (κ2) is 12.8. The van der Waals surface area contributed by atoms with E-state index in [2.05, 4.69) is 20.3 Å². The maximum atomic E-state index is 14.3. The first-order valence-corrected chi connectivity index (χ1v) is 15.5. The van der Waals surface area contributed by atoms with Crippen LogP contribution in [-0.2, 0) is 37.3 Å². The predicted octanol–water partition coefficient (Wildman–Crippen LogP) is 7.00. The van der Waals surface area contributed by atoms with E-state index in [1.54, 1.807) is 12.1 Å². The number of anilines is 2. The summed E-state index contributed by atoms with van der Waals surface area (Å²) in [6.07, 6.45) is -5.87. The fraction of sp³-hybridized carbons (Fsp3) is 0.469. The van der Waals surface area contributed by atoms with Crippen molar-refractivity contribution in [3.05, 3.63) is 70.5 Å². The zero-order chi connectivity index (χ0) is 34.4. The molecule has 1 saturated heterocycles. The lowest BCUT2D eigenvalue weighted by Crippen LogP contribution is -2.39. The lowest BCUT2D eigenvalue weighted by Gasteiger charge is -2.37. The smallest absolute Gasteiger partial charge is 0.416 e. The zero-order valence-electron chi connectivity index (χ0n) is 25.8. The number of halogens is 7. The van der Waals surface area contributed by atoms with Crippen LogP contribution in [-0.4, -0.2) is 48.9 Å². The number of fused-ring (bicyclic) bond motifs is 1. The molecule has 1 atom stereocenters. The van der Waals surface area contributed by atoms with Crippen molar-refractivity contribution in [2.45, 2.75) is 70.0 Å². The van der Waals surface area contributed by atoms with Crippen molar-refractivity contribution in [1.82, 2.24) is 25.2 Å². The predicted molar refractivity (Wildman–Crippen MR) is 160 cm³/mol. The number of alkyl halides is 6. The molecule has 6 rings (SSSR count). The molecule has 2 fully saturated rings. The average molecular weight is 680 g/mol. The number of benzene rings is 2. The Morgan fingerprint density at radius 3 is 2.23 bits per heavy atom. The Morgan fingerprint density at radius 1 is 0.938 bits per heavy atom. The van der Waals surface area contributed by atoms with Gasteiger partial charge in [-0.25, -0.2) is 9.37 Å². The Labute approximate surface area is 270 Å². The highest BCUT2D eigenvalue weighted by Gasteiger charge is 2.39. The van der Waals surface area contributed by atoms with Crippen molar-refractivity contribution < 1.29 is 40.6 Å². The quantitative estimate of drug-likeness (QED) is 0.199. The molecule has 48 heavy (non-hydrogen) atoms. The fourth-order valence-corrected chi connectivity index (χ4v) is 6.97. The molecule has 4 aromatic rings. The van der Waals surface area contributed by atoms with Gasteiger partial charge in [0.25, 0.3) is 5.95 Å². The van der Waals surface area contributed by atoms with E-state index in [4.69, 9.17) is 4.98 Å². The standard InChI is InChI=1S/C32H32F7N7O2/c1-44-42-30(41-43-44)45(16-18-11-23(31(34,35)36)14-24(12-18)32(37,38)39)17-22-13-21-8-9-25(33)15-26(21)40-28(22)46-10-2-3-27(46)19-4-6-20(7-5-19)29(47)48/h8-9,11-15,19-20,27H,2-7,10,16-17H2,1H3,(H,47,48)/t19?,20?,27-/m1/s1. The normalized spacial score (nSPS) is 20.4. The van der Waals surface area contributed by atoms with E-state index in [1.165, 1.54) is 24.1 Å². The van der Waals surface area contributed by atoms with Crippen LogP contribution in [0.15, 0.2) is 42.5 Å². The Kier molecular flexibility index (Phi) is 8.94. The number of hydrogen-bond donors (Lipinski definition) is 1. The van der Waals surface area contributed by atoms with E-state index in [0.29, 0.717) is 66.6 Å². The van der Waals surface area contributed by atoms with Crippen LogP contribution in [0.3, 0.4) is 0 Å². The third kappa shape index (κ3) is 7.16. The van der Waals surface area contributed by atoms with E-state index in [0.717, 1.165) is 17.6 Å². The minimum absolute atomic E-state index is 0.0120. The van der Waals surface area contributed by atoms with E-state index in [1.807, 2.05) is 0 Å². The molecule has 1 aliphatic carbocycles. The minimum atomic E-state index is -5.02. The van der Waals surface area contributed by atoms with Crippen LogP contribution in [0.5, 0.6) is 0 Å². The van der Waals surface area contributed by atoms with Crippen molar-refractivity contribution in [1.29, 1.82) is 0 Å². The zero-order valence-corrected chi connectivity index (χ0v) is 25.8. The number of pyridine rings is 1. The molecule has 1 aliphatic heterocycles. The molecule has 256 valence electrons. The van der Waals surface area contributed by atoms with Gasteiger partial charge in [0.15, 0.2) is 0 Å². The first kappa shape index (κ1) is 33.4. The summed E-state index contributed by atoms with van der Waals surface area (Å²) in [5, 5.41) is 22.1. The van der Waals surface area contributed by atoms with Crippen LogP contribution in [0.25, 0.3) is 10.9 Å². The lowest BCUT2D eigenvalue weighted by molar-refractivity contribution is -0.144. The van der Waals surface area contributed by atoms with E-state index in [-0.39, 0.29) is 36.1 Å². The Hall–Kier alpha value is -4.50. The maximum Gasteiger partial charge on any atom is 0.416 e. The van der Waals surface area contributed by atoms with Crippen molar-refractivity contribution in [3.63, 3.8) is 0 Å². The second-order valence-electron chi connectivity index (χ2n) is 12.5. The topological polar surface area (TPSA) is 100 Å².